The molecule has 7 aromatic heterocycles. The van der Waals surface area contributed by atoms with Gasteiger partial charge in [0.2, 0.25) is 0 Å². The van der Waals surface area contributed by atoms with E-state index in [1.807, 2.05) is 36.4 Å². The maximum absolute atomic E-state index is 9.16. The fourth-order valence-corrected chi connectivity index (χ4v) is 22.0. The number of benzene rings is 22. The first-order chi connectivity index (χ1) is 69.9. The van der Waals surface area contributed by atoms with Crippen LogP contribution in [0.15, 0.2) is 520 Å². The zero-order valence-electron chi connectivity index (χ0n) is 76.6. The Morgan fingerprint density at radius 2 is 0.383 bits per heavy atom. The van der Waals surface area contributed by atoms with E-state index in [2.05, 4.69) is 513 Å². The Kier molecular flexibility index (Phi) is 19.5. The number of aromatic nitrogens is 6. The van der Waals surface area contributed by atoms with Crippen molar-refractivity contribution in [3.63, 3.8) is 0 Å². The van der Waals surface area contributed by atoms with E-state index >= 15 is 0 Å². The fourth-order valence-electron chi connectivity index (χ4n) is 22.0. The number of nitrogens with zero attached hydrogens (tertiary/aromatic N) is 7. The molecule has 8 nitrogen and oxygen atoms in total. The van der Waals surface area contributed by atoms with Crippen molar-refractivity contribution in [1.82, 2.24) is 27.4 Å². The van der Waals surface area contributed by atoms with Crippen LogP contribution in [-0.4, -0.2) is 27.4 Å². The maximum Gasteiger partial charge on any atom is 0.159 e. The lowest BCUT2D eigenvalue weighted by Gasteiger charge is -2.10. The monoisotopic (exact) mass is 1800 g/mol. The SMILES string of the molecule is N#Cc1ccc(-c2ccc(-n3c4ccccc4c4cc(-c5ccc6c(c5)c5ccccc5n6-c5ccccc5)ccc43)cc2)cc1.c1ccc(-c2ccc(-n3c4ccccc4c4cc(-c5ccc6c(c5)c5ccc(-c7ccccc7)cc5n6-c5ccccc5)ccc43)cc2)cc1.c1ccc(-n2c3ccccc3c3cc(-c4ccc5c(c4)c4ccccc4n5-c4cccc5c4oc4ccccc45)ccc32)cc1. The van der Waals surface area contributed by atoms with Gasteiger partial charge in [-0.2, -0.15) is 5.26 Å². The van der Waals surface area contributed by atoms with Gasteiger partial charge in [-0.15, -0.1) is 0 Å². The molecule has 29 rings (SSSR count). The lowest BCUT2D eigenvalue weighted by Crippen LogP contribution is -1.94. The van der Waals surface area contributed by atoms with Gasteiger partial charge in [0.05, 0.1) is 83.5 Å². The molecule has 7 heterocycles. The minimum absolute atomic E-state index is 0.670. The molecule has 0 radical (unpaired) electrons. The molecular formula is C133H85N7O. The standard InChI is InChI=1S/C48H32N2.C43H27N3.C42H26N2O/c1-4-12-33(13-5-1)35-20-25-40(26-21-35)49-45-19-11-10-18-41(45)43-30-36(23-28-46(43)49)37-24-29-47-44(31-37)42-27-22-38(34-14-6-2-7-15-34)32-48(42)50(47)39-16-8-3-9-17-39;44-28-29-14-16-30(17-15-29)31-18-22-35(23-19-31)46-41-13-7-5-11-37(41)39-27-33(21-25-43(39)46)32-20-24-42-38(26-32)36-10-4-6-12-40(36)45(42)34-8-2-1-3-9-34;1-2-11-29(12-3-1)43-36-17-7-4-13-30(36)34-25-27(21-23-38(34)43)28-22-24-39-35(26-28)31-14-5-8-18-37(31)44(39)40-19-10-16-33-32-15-6-9-20-41(32)45-42(33)40/h1-32H;1-27H;1-26H. The molecule has 658 valence electrons. The molecule has 0 bridgehead atoms. The van der Waals surface area contributed by atoms with Crippen LogP contribution in [0.3, 0.4) is 0 Å². The molecule has 0 saturated heterocycles. The van der Waals surface area contributed by atoms with Gasteiger partial charge in [0, 0.05) is 104 Å². The molecule has 0 fully saturated rings. The summed E-state index contributed by atoms with van der Waals surface area (Å²) in [5.74, 6) is 0. The lowest BCUT2D eigenvalue weighted by atomic mass is 9.99. The van der Waals surface area contributed by atoms with E-state index < -0.39 is 0 Å². The van der Waals surface area contributed by atoms with Gasteiger partial charge < -0.3 is 31.8 Å². The summed E-state index contributed by atoms with van der Waals surface area (Å²) in [5.41, 5.74) is 38.0. The molecule has 8 heteroatoms. The zero-order valence-corrected chi connectivity index (χ0v) is 76.6. The molecule has 22 aromatic carbocycles. The van der Waals surface area contributed by atoms with E-state index in [4.69, 9.17) is 9.68 Å². The normalized spacial score (nSPS) is 11.7. The Labute approximate surface area is 812 Å². The largest absolute Gasteiger partial charge is 0.454 e. The molecule has 0 spiro atoms. The first kappa shape index (κ1) is 81.5. The molecule has 0 N–H and O–H groups in total. The van der Waals surface area contributed by atoms with Crippen molar-refractivity contribution < 1.29 is 4.42 Å². The van der Waals surface area contributed by atoms with Crippen LogP contribution in [-0.2, 0) is 0 Å². The number of para-hydroxylation sites is 10. The van der Waals surface area contributed by atoms with E-state index in [0.29, 0.717) is 5.56 Å². The van der Waals surface area contributed by atoms with Crippen molar-refractivity contribution in [2.75, 3.05) is 0 Å². The summed E-state index contributed by atoms with van der Waals surface area (Å²) in [6.07, 6.45) is 0. The fraction of sp³-hybridized carbons (Fsp3) is 0. The van der Waals surface area contributed by atoms with Crippen molar-refractivity contribution >= 4 is 153 Å². The lowest BCUT2D eigenvalue weighted by molar-refractivity contribution is 0.666. The topological polar surface area (TPSA) is 66.5 Å². The second kappa shape index (κ2) is 33.8. The number of rotatable bonds is 12. The predicted molar refractivity (Wildman–Crippen MR) is 590 cm³/mol. The first-order valence-corrected chi connectivity index (χ1v) is 48.0. The average molecular weight is 1800 g/mol. The highest BCUT2D eigenvalue weighted by molar-refractivity contribution is 6.18. The Morgan fingerprint density at radius 3 is 0.738 bits per heavy atom. The minimum atomic E-state index is 0.670. The summed E-state index contributed by atoms with van der Waals surface area (Å²) in [5, 5.41) is 26.4. The second-order valence-electron chi connectivity index (χ2n) is 36.5. The summed E-state index contributed by atoms with van der Waals surface area (Å²) >= 11 is 0. The van der Waals surface area contributed by atoms with Gasteiger partial charge in [0.15, 0.2) is 5.58 Å². The van der Waals surface area contributed by atoms with Crippen molar-refractivity contribution in [3.8, 4) is 107 Å². The third kappa shape index (κ3) is 13.8. The number of hydrogen-bond acceptors (Lipinski definition) is 2. The summed E-state index contributed by atoms with van der Waals surface area (Å²) in [7, 11) is 0. The molecule has 0 amide bonds. The van der Waals surface area contributed by atoms with Crippen molar-refractivity contribution in [1.29, 1.82) is 5.26 Å². The highest BCUT2D eigenvalue weighted by Gasteiger charge is 2.24. The number of fused-ring (bicyclic) bond motifs is 21. The Balaban J connectivity index is 0.000000106. The zero-order chi connectivity index (χ0) is 93.1. The smallest absolute Gasteiger partial charge is 0.159 e. The molecule has 0 atom stereocenters. The molecule has 0 aliphatic carbocycles. The van der Waals surface area contributed by atoms with E-state index in [9.17, 15) is 0 Å². The number of nitriles is 1. The van der Waals surface area contributed by atoms with Crippen LogP contribution in [0.25, 0.3) is 254 Å². The van der Waals surface area contributed by atoms with Crippen LogP contribution in [0.4, 0.5) is 0 Å². The van der Waals surface area contributed by atoms with Crippen LogP contribution in [0.1, 0.15) is 5.56 Å². The molecule has 29 aromatic rings. The van der Waals surface area contributed by atoms with Gasteiger partial charge in [-0.05, 0) is 261 Å². The van der Waals surface area contributed by atoms with Crippen LogP contribution in [0.5, 0.6) is 0 Å². The van der Waals surface area contributed by atoms with Crippen molar-refractivity contribution in [2.45, 2.75) is 0 Å². The number of hydrogen-bond donors (Lipinski definition) is 0. The van der Waals surface area contributed by atoms with Crippen LogP contribution >= 0.6 is 0 Å². The Morgan fingerprint density at radius 1 is 0.149 bits per heavy atom. The van der Waals surface area contributed by atoms with Gasteiger partial charge in [-0.3, -0.25) is 0 Å². The van der Waals surface area contributed by atoms with E-state index in [1.165, 1.54) is 192 Å². The second-order valence-corrected chi connectivity index (χ2v) is 36.5. The molecule has 0 unspecified atom stereocenters. The number of furan rings is 1. The van der Waals surface area contributed by atoms with E-state index in [1.54, 1.807) is 0 Å². The van der Waals surface area contributed by atoms with E-state index in [0.717, 1.165) is 61.3 Å². The van der Waals surface area contributed by atoms with Gasteiger partial charge >= 0.3 is 0 Å². The summed E-state index contributed by atoms with van der Waals surface area (Å²) in [6, 6.07) is 187. The maximum atomic E-state index is 9.16. The molecule has 0 aliphatic heterocycles. The van der Waals surface area contributed by atoms with Gasteiger partial charge in [-0.25, -0.2) is 0 Å². The predicted octanol–water partition coefficient (Wildman–Crippen LogP) is 35.4. The van der Waals surface area contributed by atoms with Gasteiger partial charge in [0.1, 0.15) is 5.58 Å². The van der Waals surface area contributed by atoms with E-state index in [-0.39, 0.29) is 0 Å². The van der Waals surface area contributed by atoms with Crippen molar-refractivity contribution in [2.24, 2.45) is 0 Å². The highest BCUT2D eigenvalue weighted by Crippen LogP contribution is 2.47. The molecular weight excluding hydrogens is 1710 g/mol. The van der Waals surface area contributed by atoms with Crippen LogP contribution in [0, 0.1) is 11.3 Å². The quantitative estimate of drug-likeness (QED) is 0.122. The Hall–Kier alpha value is -19.1. The van der Waals surface area contributed by atoms with Crippen LogP contribution < -0.4 is 0 Å². The highest BCUT2D eigenvalue weighted by atomic mass is 16.3. The summed E-state index contributed by atoms with van der Waals surface area (Å²) in [6.45, 7) is 0. The van der Waals surface area contributed by atoms with Crippen LogP contribution in [0.2, 0.25) is 0 Å². The third-order valence-electron chi connectivity index (χ3n) is 28.6. The Bertz CT molecular complexity index is 10000. The summed E-state index contributed by atoms with van der Waals surface area (Å²) < 4.78 is 20.7. The average Bonchev–Trinajstić information content (AvgIpc) is 1.65. The molecule has 0 aliphatic rings. The van der Waals surface area contributed by atoms with Gasteiger partial charge in [0.25, 0.3) is 0 Å². The minimum Gasteiger partial charge on any atom is -0.454 e. The van der Waals surface area contributed by atoms with Crippen molar-refractivity contribution in [3.05, 3.63) is 521 Å². The summed E-state index contributed by atoms with van der Waals surface area (Å²) in [4.78, 5) is 0. The molecule has 141 heavy (non-hydrogen) atoms. The van der Waals surface area contributed by atoms with Gasteiger partial charge in [-0.1, -0.05) is 322 Å². The third-order valence-corrected chi connectivity index (χ3v) is 28.6. The first-order valence-electron chi connectivity index (χ1n) is 48.0. The molecule has 0 saturated carbocycles.